The highest BCUT2D eigenvalue weighted by Gasteiger charge is 2.32. The molecule has 0 heterocycles. The lowest BCUT2D eigenvalue weighted by Gasteiger charge is -2.37. The first kappa shape index (κ1) is 14.5. The molecular weight excluding hydrogens is 272 g/mol. The van der Waals surface area contributed by atoms with Crippen molar-refractivity contribution >= 4 is 11.6 Å². The maximum Gasteiger partial charge on any atom is 0.387 e. The van der Waals surface area contributed by atoms with Crippen LogP contribution in [0.1, 0.15) is 37.7 Å². The summed E-state index contributed by atoms with van der Waals surface area (Å²) in [6, 6.07) is 5.04. The van der Waals surface area contributed by atoms with Crippen molar-refractivity contribution in [3.8, 4) is 5.75 Å². The second-order valence-electron chi connectivity index (χ2n) is 5.07. The van der Waals surface area contributed by atoms with Gasteiger partial charge in [0.15, 0.2) is 0 Å². The van der Waals surface area contributed by atoms with E-state index in [1.807, 2.05) is 6.07 Å². The average molecular weight is 290 g/mol. The maximum atomic E-state index is 12.2. The first-order chi connectivity index (χ1) is 9.07. The van der Waals surface area contributed by atoms with Crippen molar-refractivity contribution in [3.05, 3.63) is 28.8 Å². The van der Waals surface area contributed by atoms with Crippen LogP contribution in [0.4, 0.5) is 8.78 Å². The normalized spacial score (nSPS) is 18.6. The molecule has 0 radical (unpaired) electrons. The first-order valence-electron chi connectivity index (χ1n) is 6.52. The molecule has 0 saturated heterocycles. The quantitative estimate of drug-likeness (QED) is 0.905. The number of rotatable bonds is 4. The first-order valence-corrected chi connectivity index (χ1v) is 6.90. The summed E-state index contributed by atoms with van der Waals surface area (Å²) in [4.78, 5) is 0. The van der Waals surface area contributed by atoms with E-state index in [0.717, 1.165) is 31.2 Å². The largest absolute Gasteiger partial charge is 0.433 e. The molecule has 2 N–H and O–H groups in total. The van der Waals surface area contributed by atoms with Crippen molar-refractivity contribution in [2.45, 2.75) is 44.1 Å². The summed E-state index contributed by atoms with van der Waals surface area (Å²) in [6.45, 7) is -2.31. The predicted molar refractivity (Wildman–Crippen MR) is 71.9 cm³/mol. The molecule has 5 heteroatoms. The van der Waals surface area contributed by atoms with E-state index in [4.69, 9.17) is 17.3 Å². The molecule has 1 aliphatic rings. The van der Waals surface area contributed by atoms with Gasteiger partial charge in [0.1, 0.15) is 5.75 Å². The molecule has 2 nitrogen and oxygen atoms in total. The van der Waals surface area contributed by atoms with Gasteiger partial charge in [-0.1, -0.05) is 36.9 Å². The van der Waals surface area contributed by atoms with Gasteiger partial charge in [-0.25, -0.2) is 0 Å². The Kier molecular flexibility index (Phi) is 4.63. The van der Waals surface area contributed by atoms with Crippen molar-refractivity contribution in [2.75, 3.05) is 6.54 Å². The van der Waals surface area contributed by atoms with E-state index in [1.165, 1.54) is 12.5 Å². The lowest BCUT2D eigenvalue weighted by molar-refractivity contribution is -0.0498. The molecule has 1 saturated carbocycles. The van der Waals surface area contributed by atoms with Crippen molar-refractivity contribution in [1.29, 1.82) is 0 Å². The van der Waals surface area contributed by atoms with Crippen molar-refractivity contribution in [2.24, 2.45) is 5.73 Å². The smallest absolute Gasteiger partial charge is 0.387 e. The van der Waals surface area contributed by atoms with Gasteiger partial charge in [-0.2, -0.15) is 8.78 Å². The van der Waals surface area contributed by atoms with Gasteiger partial charge in [-0.3, -0.25) is 0 Å². The monoisotopic (exact) mass is 289 g/mol. The molecule has 0 aliphatic heterocycles. The van der Waals surface area contributed by atoms with Crippen LogP contribution < -0.4 is 10.5 Å². The van der Waals surface area contributed by atoms with Crippen LogP contribution in [-0.4, -0.2) is 13.2 Å². The zero-order chi connectivity index (χ0) is 13.9. The van der Waals surface area contributed by atoms with Crippen LogP contribution >= 0.6 is 11.6 Å². The van der Waals surface area contributed by atoms with Gasteiger partial charge in [-0.05, 0) is 30.5 Å². The van der Waals surface area contributed by atoms with Gasteiger partial charge >= 0.3 is 6.61 Å². The number of hydrogen-bond donors (Lipinski definition) is 1. The van der Waals surface area contributed by atoms with E-state index in [-0.39, 0.29) is 16.2 Å². The minimum absolute atomic E-state index is 0.0170. The molecule has 0 bridgehead atoms. The molecular formula is C14H18ClF2NO. The summed E-state index contributed by atoms with van der Waals surface area (Å²) in [7, 11) is 0. The Morgan fingerprint density at radius 3 is 2.47 bits per heavy atom. The number of ether oxygens (including phenoxy) is 1. The molecule has 0 aromatic heterocycles. The molecule has 0 atom stereocenters. The predicted octanol–water partition coefficient (Wildman–Crippen LogP) is 4.10. The van der Waals surface area contributed by atoms with E-state index >= 15 is 0 Å². The van der Waals surface area contributed by atoms with E-state index in [1.54, 1.807) is 6.07 Å². The third-order valence-electron chi connectivity index (χ3n) is 3.96. The van der Waals surface area contributed by atoms with Crippen molar-refractivity contribution < 1.29 is 13.5 Å². The highest BCUT2D eigenvalue weighted by atomic mass is 35.5. The van der Waals surface area contributed by atoms with E-state index < -0.39 is 6.61 Å². The number of halogens is 3. The van der Waals surface area contributed by atoms with Gasteiger partial charge in [0.2, 0.25) is 0 Å². The lowest BCUT2D eigenvalue weighted by Crippen LogP contribution is -2.37. The highest BCUT2D eigenvalue weighted by Crippen LogP contribution is 2.41. The second-order valence-corrected chi connectivity index (χ2v) is 5.48. The summed E-state index contributed by atoms with van der Waals surface area (Å²) < 4.78 is 28.8. The van der Waals surface area contributed by atoms with Gasteiger partial charge in [-0.15, -0.1) is 0 Å². The Morgan fingerprint density at radius 1 is 1.26 bits per heavy atom. The Bertz CT molecular complexity index is 433. The van der Waals surface area contributed by atoms with E-state index in [9.17, 15) is 8.78 Å². The van der Waals surface area contributed by atoms with Gasteiger partial charge in [0.05, 0.1) is 5.02 Å². The van der Waals surface area contributed by atoms with Crippen LogP contribution in [0.3, 0.4) is 0 Å². The molecule has 2 rings (SSSR count). The number of alkyl halides is 2. The maximum absolute atomic E-state index is 12.2. The van der Waals surface area contributed by atoms with Gasteiger partial charge < -0.3 is 10.5 Å². The SMILES string of the molecule is NCC1(c2ccc(OC(F)F)c(Cl)c2)CCCCC1. The average Bonchev–Trinajstić information content (AvgIpc) is 2.41. The van der Waals surface area contributed by atoms with Gasteiger partial charge in [0, 0.05) is 12.0 Å². The fraction of sp³-hybridized carbons (Fsp3) is 0.571. The summed E-state index contributed by atoms with van der Waals surface area (Å²) in [5, 5.41) is 0.219. The van der Waals surface area contributed by atoms with E-state index in [2.05, 4.69) is 4.74 Å². The summed E-state index contributed by atoms with van der Waals surface area (Å²) in [5.41, 5.74) is 6.91. The van der Waals surface area contributed by atoms with Crippen LogP contribution in [0.2, 0.25) is 5.02 Å². The zero-order valence-electron chi connectivity index (χ0n) is 10.7. The number of benzene rings is 1. The zero-order valence-corrected chi connectivity index (χ0v) is 11.4. The lowest BCUT2D eigenvalue weighted by atomic mass is 9.69. The molecule has 0 spiro atoms. The Hall–Kier alpha value is -0.870. The second kappa shape index (κ2) is 6.06. The summed E-state index contributed by atoms with van der Waals surface area (Å²) >= 11 is 6.01. The van der Waals surface area contributed by atoms with Crippen LogP contribution in [0.25, 0.3) is 0 Å². The molecule has 106 valence electrons. The Labute approximate surface area is 116 Å². The number of nitrogens with two attached hydrogens (primary N) is 1. The van der Waals surface area contributed by atoms with Crippen LogP contribution in [-0.2, 0) is 5.41 Å². The topological polar surface area (TPSA) is 35.2 Å². The Balaban J connectivity index is 2.27. The van der Waals surface area contributed by atoms with Crippen molar-refractivity contribution in [1.82, 2.24) is 0 Å². The van der Waals surface area contributed by atoms with Crippen LogP contribution in [0.15, 0.2) is 18.2 Å². The standard InChI is InChI=1S/C14H18ClF2NO/c15-11-8-10(4-5-12(11)19-13(16)17)14(9-18)6-2-1-3-7-14/h4-5,8,13H,1-3,6-7,9,18H2. The molecule has 1 aromatic rings. The molecule has 19 heavy (non-hydrogen) atoms. The minimum Gasteiger partial charge on any atom is -0.433 e. The summed E-state index contributed by atoms with van der Waals surface area (Å²) in [6.07, 6.45) is 5.56. The minimum atomic E-state index is -2.86. The third-order valence-corrected chi connectivity index (χ3v) is 4.26. The van der Waals surface area contributed by atoms with Crippen LogP contribution in [0.5, 0.6) is 5.75 Å². The molecule has 1 aliphatic carbocycles. The fourth-order valence-electron chi connectivity index (χ4n) is 2.86. The molecule has 1 aromatic carbocycles. The molecule has 0 amide bonds. The van der Waals surface area contributed by atoms with E-state index in [0.29, 0.717) is 6.54 Å². The van der Waals surface area contributed by atoms with Crippen LogP contribution in [0, 0.1) is 0 Å². The molecule has 0 unspecified atom stereocenters. The Morgan fingerprint density at radius 2 is 1.95 bits per heavy atom. The summed E-state index contributed by atoms with van der Waals surface area (Å²) in [5.74, 6) is 0.0170. The van der Waals surface area contributed by atoms with Gasteiger partial charge in [0.25, 0.3) is 0 Å². The van der Waals surface area contributed by atoms with Crippen molar-refractivity contribution in [3.63, 3.8) is 0 Å². The fourth-order valence-corrected chi connectivity index (χ4v) is 3.09. The third kappa shape index (κ3) is 3.18. The highest BCUT2D eigenvalue weighted by molar-refractivity contribution is 6.32. The molecule has 1 fully saturated rings. The number of hydrogen-bond acceptors (Lipinski definition) is 2.